The van der Waals surface area contributed by atoms with Crippen molar-refractivity contribution < 1.29 is 28.8 Å². The van der Waals surface area contributed by atoms with Crippen molar-refractivity contribution in [3.63, 3.8) is 0 Å². The highest BCUT2D eigenvalue weighted by Crippen LogP contribution is 2.50. The predicted octanol–water partition coefficient (Wildman–Crippen LogP) is 2.90. The maximum absolute atomic E-state index is 12.5. The number of carbonyl (C=O) groups is 1. The van der Waals surface area contributed by atoms with Crippen molar-refractivity contribution in [3.8, 4) is 23.0 Å². The number of rotatable bonds is 4. The van der Waals surface area contributed by atoms with Gasteiger partial charge in [-0.1, -0.05) is 6.07 Å². The molecule has 1 heterocycles. The molecule has 1 fully saturated rings. The van der Waals surface area contributed by atoms with E-state index in [9.17, 15) is 9.90 Å². The van der Waals surface area contributed by atoms with Gasteiger partial charge in [0, 0.05) is 11.8 Å². The van der Waals surface area contributed by atoms with E-state index in [1.807, 2.05) is 18.2 Å². The van der Waals surface area contributed by atoms with Crippen molar-refractivity contribution in [1.29, 1.82) is 0 Å². The molecule has 0 amide bonds. The first-order valence-electron chi connectivity index (χ1n) is 8.85. The highest BCUT2D eigenvalue weighted by Gasteiger charge is 2.47. The highest BCUT2D eigenvalue weighted by molar-refractivity contribution is 5.78. The average molecular weight is 370 g/mol. The molecule has 0 aromatic heterocycles. The lowest BCUT2D eigenvalue weighted by atomic mass is 9.67. The van der Waals surface area contributed by atoms with Crippen LogP contribution in [0.1, 0.15) is 22.6 Å². The highest BCUT2D eigenvalue weighted by atomic mass is 16.5. The minimum absolute atomic E-state index is 0.0649. The van der Waals surface area contributed by atoms with Crippen molar-refractivity contribution in [2.24, 2.45) is 11.8 Å². The van der Waals surface area contributed by atoms with Gasteiger partial charge in [0.1, 0.15) is 0 Å². The number of phenols is 1. The number of phenolic OH excluding ortho intramolecular Hbond substituents is 1. The van der Waals surface area contributed by atoms with E-state index in [1.165, 1.54) is 7.11 Å². The number of fused-ring (bicyclic) bond motifs is 2. The molecule has 1 aliphatic carbocycles. The number of benzene rings is 2. The quantitative estimate of drug-likeness (QED) is 0.835. The molecule has 1 aliphatic heterocycles. The molecule has 0 saturated carbocycles. The summed E-state index contributed by atoms with van der Waals surface area (Å²) in [4.78, 5) is 12.5. The van der Waals surface area contributed by atoms with Gasteiger partial charge in [0.15, 0.2) is 23.0 Å². The first-order chi connectivity index (χ1) is 13.1. The number of aromatic hydroxyl groups is 1. The van der Waals surface area contributed by atoms with Crippen LogP contribution in [0.3, 0.4) is 0 Å². The molecule has 6 heteroatoms. The van der Waals surface area contributed by atoms with Gasteiger partial charge in [-0.2, -0.15) is 0 Å². The molecule has 3 atom stereocenters. The smallest absolute Gasteiger partial charge is 0.310 e. The largest absolute Gasteiger partial charge is 0.504 e. The third-order valence-electron chi connectivity index (χ3n) is 5.60. The van der Waals surface area contributed by atoms with Crippen molar-refractivity contribution in [1.82, 2.24) is 0 Å². The van der Waals surface area contributed by atoms with Crippen LogP contribution in [0, 0.1) is 11.8 Å². The van der Waals surface area contributed by atoms with Crippen molar-refractivity contribution in [3.05, 3.63) is 47.0 Å². The Morgan fingerprint density at radius 2 is 1.70 bits per heavy atom. The molecule has 1 unspecified atom stereocenters. The van der Waals surface area contributed by atoms with Gasteiger partial charge in [-0.25, -0.2) is 0 Å². The Labute approximate surface area is 157 Å². The standard InChI is InChI=1S/C21H22O6/c1-24-16-7-11(4-5-15(16)22)19-14-9-18(26-3)17(25-2)8-12(14)6-13-10-27-21(23)20(13)19/h4-5,7-9,13,19-20,22H,6,10H2,1-3H3/t13-,19+,20?/m1/s1. The summed E-state index contributed by atoms with van der Waals surface area (Å²) in [5, 5.41) is 9.97. The molecule has 0 bridgehead atoms. The van der Waals surface area contributed by atoms with Crippen LogP contribution in [0.25, 0.3) is 0 Å². The van der Waals surface area contributed by atoms with Crippen molar-refractivity contribution >= 4 is 5.97 Å². The first-order valence-corrected chi connectivity index (χ1v) is 8.85. The first kappa shape index (κ1) is 17.5. The summed E-state index contributed by atoms with van der Waals surface area (Å²) in [6, 6.07) is 9.14. The molecule has 2 aliphatic rings. The van der Waals surface area contributed by atoms with Gasteiger partial charge < -0.3 is 24.1 Å². The summed E-state index contributed by atoms with van der Waals surface area (Å²) in [6.45, 7) is 0.420. The third kappa shape index (κ3) is 2.76. The molecule has 142 valence electrons. The molecule has 2 aromatic rings. The Morgan fingerprint density at radius 3 is 2.41 bits per heavy atom. The monoisotopic (exact) mass is 370 g/mol. The molecule has 4 rings (SSSR count). The van der Waals surface area contributed by atoms with Gasteiger partial charge >= 0.3 is 5.97 Å². The fourth-order valence-electron chi connectivity index (χ4n) is 4.33. The summed E-state index contributed by atoms with van der Waals surface area (Å²) in [6.07, 6.45) is 0.748. The van der Waals surface area contributed by atoms with Gasteiger partial charge in [0.05, 0.1) is 33.9 Å². The van der Waals surface area contributed by atoms with Gasteiger partial charge in [-0.15, -0.1) is 0 Å². The van der Waals surface area contributed by atoms with Crippen molar-refractivity contribution in [2.45, 2.75) is 12.3 Å². The minimum Gasteiger partial charge on any atom is -0.504 e. The van der Waals surface area contributed by atoms with Gasteiger partial charge in [0.25, 0.3) is 0 Å². The Morgan fingerprint density at radius 1 is 1.00 bits per heavy atom. The van der Waals surface area contributed by atoms with Crippen LogP contribution < -0.4 is 14.2 Å². The number of cyclic esters (lactones) is 1. The van der Waals surface area contributed by atoms with E-state index in [1.54, 1.807) is 26.4 Å². The lowest BCUT2D eigenvalue weighted by molar-refractivity contribution is -0.141. The van der Waals surface area contributed by atoms with Gasteiger partial charge in [-0.3, -0.25) is 4.79 Å². The lowest BCUT2D eigenvalue weighted by Gasteiger charge is -2.34. The number of hydrogen-bond donors (Lipinski definition) is 1. The second kappa shape index (κ2) is 6.68. The zero-order chi connectivity index (χ0) is 19.1. The van der Waals surface area contributed by atoms with Crippen LogP contribution in [0.5, 0.6) is 23.0 Å². The molecule has 27 heavy (non-hydrogen) atoms. The fourth-order valence-corrected chi connectivity index (χ4v) is 4.33. The fraction of sp³-hybridized carbons (Fsp3) is 0.381. The van der Waals surface area contributed by atoms with Crippen LogP contribution in [-0.2, 0) is 16.0 Å². The van der Waals surface area contributed by atoms with Crippen molar-refractivity contribution in [2.75, 3.05) is 27.9 Å². The van der Waals surface area contributed by atoms with Crippen LogP contribution in [0.15, 0.2) is 30.3 Å². The Kier molecular flexibility index (Phi) is 4.34. The van der Waals surface area contributed by atoms with Crippen LogP contribution >= 0.6 is 0 Å². The lowest BCUT2D eigenvalue weighted by Crippen LogP contribution is -2.31. The Balaban J connectivity index is 1.91. The maximum atomic E-state index is 12.5. The molecular formula is C21H22O6. The summed E-state index contributed by atoms with van der Waals surface area (Å²) < 4.78 is 21.6. The van der Waals surface area contributed by atoms with E-state index in [4.69, 9.17) is 18.9 Å². The molecular weight excluding hydrogens is 348 g/mol. The second-order valence-corrected chi connectivity index (χ2v) is 6.93. The Bertz CT molecular complexity index is 890. The summed E-state index contributed by atoms with van der Waals surface area (Å²) in [7, 11) is 4.72. The van der Waals surface area contributed by atoms with E-state index in [2.05, 4.69) is 0 Å². The molecule has 1 N–H and O–H groups in total. The van der Waals surface area contributed by atoms with Gasteiger partial charge in [-0.05, 0) is 47.4 Å². The number of esters is 1. The van der Waals surface area contributed by atoms with E-state index < -0.39 is 0 Å². The number of carbonyl (C=O) groups excluding carboxylic acids is 1. The molecule has 0 radical (unpaired) electrons. The number of methoxy groups -OCH3 is 3. The van der Waals surface area contributed by atoms with Crippen LogP contribution in [-0.4, -0.2) is 39.0 Å². The molecule has 0 spiro atoms. The number of ether oxygens (including phenoxy) is 4. The zero-order valence-corrected chi connectivity index (χ0v) is 15.5. The average Bonchev–Trinajstić information content (AvgIpc) is 3.06. The molecule has 2 aromatic carbocycles. The van der Waals surface area contributed by atoms with E-state index in [0.717, 1.165) is 23.1 Å². The SMILES string of the molecule is COc1cc([C@H]2c3cc(OC)c(OC)cc3C[C@@H]3COC(=O)C32)ccc1O. The van der Waals surface area contributed by atoms with Crippen LogP contribution in [0.4, 0.5) is 0 Å². The normalized spacial score (nSPS) is 23.2. The summed E-state index contributed by atoms with van der Waals surface area (Å²) >= 11 is 0. The Hall–Kier alpha value is -2.89. The van der Waals surface area contributed by atoms with E-state index in [0.29, 0.717) is 23.9 Å². The van der Waals surface area contributed by atoms with Gasteiger partial charge in [0.2, 0.25) is 0 Å². The molecule has 1 saturated heterocycles. The third-order valence-corrected chi connectivity index (χ3v) is 5.60. The van der Waals surface area contributed by atoms with E-state index in [-0.39, 0.29) is 29.5 Å². The maximum Gasteiger partial charge on any atom is 0.310 e. The number of hydrogen-bond acceptors (Lipinski definition) is 6. The van der Waals surface area contributed by atoms with E-state index >= 15 is 0 Å². The second-order valence-electron chi connectivity index (χ2n) is 6.93. The van der Waals surface area contributed by atoms with Crippen LogP contribution in [0.2, 0.25) is 0 Å². The summed E-state index contributed by atoms with van der Waals surface area (Å²) in [5.41, 5.74) is 3.02. The predicted molar refractivity (Wildman–Crippen MR) is 97.7 cm³/mol. The zero-order valence-electron chi connectivity index (χ0n) is 15.5. The topological polar surface area (TPSA) is 74.2 Å². The summed E-state index contributed by atoms with van der Waals surface area (Å²) in [5.74, 6) is 1.18. The minimum atomic E-state index is -0.273. The molecule has 6 nitrogen and oxygen atoms in total.